The Balaban J connectivity index is 2.09. The first-order valence-corrected chi connectivity index (χ1v) is 12.4. The van der Waals surface area contributed by atoms with Gasteiger partial charge in [0.25, 0.3) is 0 Å². The molecule has 1 spiro atoms. The molecule has 2 fully saturated rings. The maximum absolute atomic E-state index is 13.6. The van der Waals surface area contributed by atoms with E-state index in [1.54, 1.807) is 0 Å². The Hall–Kier alpha value is -1.14. The van der Waals surface area contributed by atoms with Crippen LogP contribution in [-0.2, 0) is 14.3 Å². The van der Waals surface area contributed by atoms with Gasteiger partial charge in [0, 0.05) is 19.8 Å². The van der Waals surface area contributed by atoms with Gasteiger partial charge in [-0.3, -0.25) is 9.59 Å². The van der Waals surface area contributed by atoms with Crippen LogP contribution >= 0.6 is 0 Å². The average molecular weight is 424 g/mol. The maximum Gasteiger partial charge on any atom is 0.242 e. The first-order valence-electron chi connectivity index (χ1n) is 12.4. The SMILES string of the molecule is CCCCCN1CCC2(CCCCOCCCNC(=O)[C@H]([C@@H](C)CC)NC2=O)CC1. The molecule has 0 bridgehead atoms. The number of carbonyl (C=O) groups is 2. The summed E-state index contributed by atoms with van der Waals surface area (Å²) in [6.07, 6.45) is 10.1. The van der Waals surface area contributed by atoms with Crippen LogP contribution in [-0.4, -0.2) is 62.1 Å². The summed E-state index contributed by atoms with van der Waals surface area (Å²) in [5, 5.41) is 6.21. The first-order chi connectivity index (χ1) is 14.5. The minimum Gasteiger partial charge on any atom is -0.381 e. The van der Waals surface area contributed by atoms with E-state index < -0.39 is 6.04 Å². The Morgan fingerprint density at radius 1 is 1.07 bits per heavy atom. The van der Waals surface area contributed by atoms with E-state index in [0.29, 0.717) is 13.2 Å². The van der Waals surface area contributed by atoms with Crippen molar-refractivity contribution in [2.24, 2.45) is 11.3 Å². The van der Waals surface area contributed by atoms with Gasteiger partial charge in [-0.25, -0.2) is 0 Å². The number of nitrogens with zero attached hydrogens (tertiary/aromatic N) is 1. The number of likely N-dealkylation sites (tertiary alicyclic amines) is 1. The molecule has 0 aromatic heterocycles. The summed E-state index contributed by atoms with van der Waals surface area (Å²) in [4.78, 5) is 28.9. The molecule has 0 aromatic rings. The lowest BCUT2D eigenvalue weighted by Gasteiger charge is -2.42. The van der Waals surface area contributed by atoms with Crippen LogP contribution in [0.15, 0.2) is 0 Å². The van der Waals surface area contributed by atoms with E-state index in [4.69, 9.17) is 4.74 Å². The van der Waals surface area contributed by atoms with E-state index in [2.05, 4.69) is 36.3 Å². The van der Waals surface area contributed by atoms with Crippen LogP contribution in [0.25, 0.3) is 0 Å². The summed E-state index contributed by atoms with van der Waals surface area (Å²) in [6.45, 7) is 11.5. The van der Waals surface area contributed by atoms with Crippen molar-refractivity contribution in [1.82, 2.24) is 15.5 Å². The molecule has 0 radical (unpaired) electrons. The van der Waals surface area contributed by atoms with Gasteiger partial charge in [-0.15, -0.1) is 0 Å². The standard InChI is InChI=1S/C24H45N3O3/c1-4-6-8-15-27-16-12-24(13-17-27)11-7-9-18-30-19-10-14-25-22(28)21(20(3)5-2)26-23(24)29/h20-21H,4-19H2,1-3H3,(H,25,28)(H,26,29)/t20-,21-/m0/s1. The molecule has 0 aliphatic carbocycles. The van der Waals surface area contributed by atoms with Gasteiger partial charge < -0.3 is 20.3 Å². The average Bonchev–Trinajstić information content (AvgIpc) is 2.76. The Morgan fingerprint density at radius 3 is 2.50 bits per heavy atom. The van der Waals surface area contributed by atoms with Crippen molar-refractivity contribution in [1.29, 1.82) is 0 Å². The number of nitrogens with one attached hydrogen (secondary N) is 2. The van der Waals surface area contributed by atoms with Gasteiger partial charge in [-0.1, -0.05) is 46.5 Å². The highest BCUT2D eigenvalue weighted by Gasteiger charge is 2.42. The molecular formula is C24H45N3O3. The van der Waals surface area contributed by atoms with Crippen molar-refractivity contribution < 1.29 is 14.3 Å². The molecule has 2 saturated heterocycles. The largest absolute Gasteiger partial charge is 0.381 e. The van der Waals surface area contributed by atoms with E-state index in [9.17, 15) is 9.59 Å². The summed E-state index contributed by atoms with van der Waals surface area (Å²) < 4.78 is 5.72. The molecule has 2 heterocycles. The molecule has 2 aliphatic rings. The molecule has 2 aliphatic heterocycles. The van der Waals surface area contributed by atoms with Crippen LogP contribution in [0.3, 0.4) is 0 Å². The van der Waals surface area contributed by atoms with Crippen LogP contribution in [0.5, 0.6) is 0 Å². The normalized spacial score (nSPS) is 25.9. The highest BCUT2D eigenvalue weighted by atomic mass is 16.5. The molecule has 0 aromatic carbocycles. The highest BCUT2D eigenvalue weighted by Crippen LogP contribution is 2.37. The van der Waals surface area contributed by atoms with Crippen LogP contribution in [0.2, 0.25) is 0 Å². The second-order valence-electron chi connectivity index (χ2n) is 9.38. The lowest BCUT2D eigenvalue weighted by atomic mass is 9.73. The maximum atomic E-state index is 13.6. The molecule has 0 saturated carbocycles. The van der Waals surface area contributed by atoms with E-state index in [-0.39, 0.29) is 23.1 Å². The quantitative estimate of drug-likeness (QED) is 0.642. The highest BCUT2D eigenvalue weighted by molar-refractivity contribution is 5.90. The second-order valence-corrected chi connectivity index (χ2v) is 9.38. The predicted molar refractivity (Wildman–Crippen MR) is 121 cm³/mol. The zero-order valence-electron chi connectivity index (χ0n) is 19.6. The number of unbranched alkanes of at least 4 members (excludes halogenated alkanes) is 2. The zero-order chi connectivity index (χ0) is 21.8. The molecule has 0 unspecified atom stereocenters. The lowest BCUT2D eigenvalue weighted by Crippen LogP contribution is -2.56. The van der Waals surface area contributed by atoms with E-state index in [1.807, 2.05) is 0 Å². The number of carbonyl (C=O) groups excluding carboxylic acids is 2. The third-order valence-corrected chi connectivity index (χ3v) is 7.11. The fraction of sp³-hybridized carbons (Fsp3) is 0.917. The number of hydrogen-bond donors (Lipinski definition) is 2. The summed E-state index contributed by atoms with van der Waals surface area (Å²) in [6, 6.07) is -0.453. The van der Waals surface area contributed by atoms with E-state index in [1.165, 1.54) is 19.3 Å². The van der Waals surface area contributed by atoms with Gasteiger partial charge in [0.15, 0.2) is 0 Å². The Labute approximate surface area is 183 Å². The molecular weight excluding hydrogens is 378 g/mol. The molecule has 6 nitrogen and oxygen atoms in total. The molecule has 174 valence electrons. The number of amides is 2. The Kier molecular flexibility index (Phi) is 11.1. The monoisotopic (exact) mass is 423 g/mol. The number of rotatable bonds is 6. The zero-order valence-corrected chi connectivity index (χ0v) is 19.6. The van der Waals surface area contributed by atoms with Crippen molar-refractivity contribution >= 4 is 11.8 Å². The van der Waals surface area contributed by atoms with Gasteiger partial charge in [-0.05, 0) is 64.1 Å². The first kappa shape index (κ1) is 25.1. The fourth-order valence-electron chi connectivity index (χ4n) is 4.64. The number of piperidine rings is 1. The van der Waals surface area contributed by atoms with Gasteiger partial charge in [0.2, 0.25) is 11.8 Å². The van der Waals surface area contributed by atoms with Crippen LogP contribution in [0, 0.1) is 11.3 Å². The fourth-order valence-corrected chi connectivity index (χ4v) is 4.64. The molecule has 6 heteroatoms. The van der Waals surface area contributed by atoms with Crippen molar-refractivity contribution in [3.63, 3.8) is 0 Å². The molecule has 2 atom stereocenters. The number of ether oxygens (including phenoxy) is 1. The van der Waals surface area contributed by atoms with Crippen LogP contribution < -0.4 is 10.6 Å². The third kappa shape index (κ3) is 7.52. The van der Waals surface area contributed by atoms with E-state index >= 15 is 0 Å². The van der Waals surface area contributed by atoms with Crippen molar-refractivity contribution in [2.45, 2.75) is 91.0 Å². The molecule has 2 amide bonds. The molecule has 30 heavy (non-hydrogen) atoms. The molecule has 2 N–H and O–H groups in total. The minimum absolute atomic E-state index is 0.0538. The van der Waals surface area contributed by atoms with Crippen LogP contribution in [0.1, 0.15) is 85.0 Å². The van der Waals surface area contributed by atoms with Gasteiger partial charge in [0.05, 0.1) is 5.41 Å². The lowest BCUT2D eigenvalue weighted by molar-refractivity contribution is -0.139. The number of hydrogen-bond acceptors (Lipinski definition) is 4. The van der Waals surface area contributed by atoms with Crippen molar-refractivity contribution in [2.75, 3.05) is 39.4 Å². The topological polar surface area (TPSA) is 70.7 Å². The predicted octanol–water partition coefficient (Wildman–Crippen LogP) is 3.50. The third-order valence-electron chi connectivity index (χ3n) is 7.11. The van der Waals surface area contributed by atoms with Gasteiger partial charge >= 0.3 is 0 Å². The van der Waals surface area contributed by atoms with Crippen molar-refractivity contribution in [3.05, 3.63) is 0 Å². The Bertz CT molecular complexity index is 518. The Morgan fingerprint density at radius 2 is 1.80 bits per heavy atom. The summed E-state index contributed by atoms with van der Waals surface area (Å²) >= 11 is 0. The van der Waals surface area contributed by atoms with Crippen LogP contribution in [0.4, 0.5) is 0 Å². The van der Waals surface area contributed by atoms with E-state index in [0.717, 1.165) is 71.2 Å². The second kappa shape index (κ2) is 13.3. The van der Waals surface area contributed by atoms with Crippen molar-refractivity contribution in [3.8, 4) is 0 Å². The summed E-state index contributed by atoms with van der Waals surface area (Å²) in [7, 11) is 0. The minimum atomic E-state index is -0.453. The van der Waals surface area contributed by atoms with Gasteiger partial charge in [0.1, 0.15) is 6.04 Å². The summed E-state index contributed by atoms with van der Waals surface area (Å²) in [5.41, 5.74) is -0.350. The molecule has 2 rings (SSSR count). The smallest absolute Gasteiger partial charge is 0.242 e. The summed E-state index contributed by atoms with van der Waals surface area (Å²) in [5.74, 6) is 0.153. The van der Waals surface area contributed by atoms with Gasteiger partial charge in [-0.2, -0.15) is 0 Å².